The van der Waals surface area contributed by atoms with Crippen LogP contribution in [0.5, 0.6) is 0 Å². The number of carbonyl (C=O) groups is 4. The van der Waals surface area contributed by atoms with Crippen LogP contribution in [0.1, 0.15) is 41.9 Å². The highest BCUT2D eigenvalue weighted by Gasteiger charge is 2.54. The zero-order valence-corrected chi connectivity index (χ0v) is 18.8. The van der Waals surface area contributed by atoms with Gasteiger partial charge < -0.3 is 9.47 Å². The maximum absolute atomic E-state index is 13.4. The summed E-state index contributed by atoms with van der Waals surface area (Å²) in [4.78, 5) is 58.8. The Morgan fingerprint density at radius 1 is 1.22 bits per heavy atom. The van der Waals surface area contributed by atoms with Gasteiger partial charge in [-0.05, 0) is 24.5 Å². The Hall–Kier alpha value is -3.00. The number of likely N-dealkylation sites (N-methyl/N-ethyl adjacent to an activating group) is 1. The van der Waals surface area contributed by atoms with Gasteiger partial charge in [-0.2, -0.15) is 0 Å². The zero-order chi connectivity index (χ0) is 23.0. The van der Waals surface area contributed by atoms with Gasteiger partial charge in [-0.25, -0.2) is 4.98 Å². The molecule has 2 aromatic rings. The number of halogens is 1. The number of piperidine rings is 1. The van der Waals surface area contributed by atoms with Crippen molar-refractivity contribution in [3.63, 3.8) is 0 Å². The lowest BCUT2D eigenvalue weighted by Crippen LogP contribution is -2.47. The van der Waals surface area contributed by atoms with Crippen LogP contribution in [0.3, 0.4) is 0 Å². The molecule has 4 rings (SSSR count). The van der Waals surface area contributed by atoms with Crippen molar-refractivity contribution in [1.82, 2.24) is 19.4 Å². The summed E-state index contributed by atoms with van der Waals surface area (Å²) >= 11 is 6.40. The van der Waals surface area contributed by atoms with E-state index in [0.717, 1.165) is 4.90 Å². The Kier molecular flexibility index (Phi) is 5.90. The minimum atomic E-state index is -1.34. The average molecular weight is 457 g/mol. The molecule has 2 fully saturated rings. The topological polar surface area (TPSA) is 92.6 Å². The number of ketones is 1. The van der Waals surface area contributed by atoms with Crippen LogP contribution in [0.15, 0.2) is 36.7 Å². The summed E-state index contributed by atoms with van der Waals surface area (Å²) in [7, 11) is 3.19. The summed E-state index contributed by atoms with van der Waals surface area (Å²) in [6.45, 7) is 0.765. The smallest absolute Gasteiger partial charge is 0.240 e. The number of nitrogens with zero attached hydrogens (tertiary/aromatic N) is 4. The van der Waals surface area contributed by atoms with Crippen molar-refractivity contribution in [2.75, 3.05) is 20.1 Å². The number of amides is 3. The first-order valence-corrected chi connectivity index (χ1v) is 11.0. The first kappa shape index (κ1) is 22.2. The molecule has 1 aromatic carbocycles. The van der Waals surface area contributed by atoms with E-state index in [1.54, 1.807) is 53.2 Å². The Morgan fingerprint density at radius 3 is 2.59 bits per heavy atom. The number of benzene rings is 1. The third-order valence-corrected chi connectivity index (χ3v) is 6.90. The summed E-state index contributed by atoms with van der Waals surface area (Å²) in [5, 5.41) is 0.346. The van der Waals surface area contributed by atoms with Crippen LogP contribution in [-0.4, -0.2) is 63.0 Å². The lowest BCUT2D eigenvalue weighted by molar-refractivity contribution is -0.142. The van der Waals surface area contributed by atoms with Gasteiger partial charge in [0.1, 0.15) is 0 Å². The molecule has 2 aliphatic heterocycles. The number of hydrogen-bond donors (Lipinski definition) is 0. The molecule has 0 N–H and O–H groups in total. The standard InChI is InChI=1S/C23H25ClN4O4/c1-26-11-9-25-21(26)20(31)15-6-5-10-28(14-15)19(30)13-23(12-18(29)27(2)22(23)32)16-7-3-4-8-17(16)24/h3-4,7-9,11,15H,5-6,10,12-14H2,1-2H3. The molecule has 168 valence electrons. The molecule has 2 unspecified atom stereocenters. The van der Waals surface area contributed by atoms with E-state index < -0.39 is 11.3 Å². The van der Waals surface area contributed by atoms with Crippen molar-refractivity contribution in [2.45, 2.75) is 31.1 Å². The number of aromatic nitrogens is 2. The van der Waals surface area contributed by atoms with E-state index in [1.807, 2.05) is 0 Å². The van der Waals surface area contributed by atoms with Gasteiger partial charge in [0.05, 0.1) is 5.41 Å². The third kappa shape index (κ3) is 3.72. The van der Waals surface area contributed by atoms with E-state index >= 15 is 0 Å². The van der Waals surface area contributed by atoms with E-state index in [0.29, 0.717) is 35.8 Å². The fourth-order valence-corrected chi connectivity index (χ4v) is 5.07. The summed E-state index contributed by atoms with van der Waals surface area (Å²) in [6, 6.07) is 6.84. The Labute approximate surface area is 191 Å². The normalized spacial score (nSPS) is 23.7. The molecular weight excluding hydrogens is 432 g/mol. The second kappa shape index (κ2) is 8.50. The summed E-state index contributed by atoms with van der Waals surface area (Å²) in [5.41, 5.74) is -0.854. The van der Waals surface area contributed by atoms with E-state index in [2.05, 4.69) is 4.98 Å². The number of imidazole rings is 1. The van der Waals surface area contributed by atoms with Gasteiger partial charge >= 0.3 is 0 Å². The molecular formula is C23H25ClN4O4. The number of hydrogen-bond acceptors (Lipinski definition) is 5. The molecule has 0 spiro atoms. The zero-order valence-electron chi connectivity index (χ0n) is 18.1. The number of aryl methyl sites for hydroxylation is 1. The minimum absolute atomic E-state index is 0.0947. The second-order valence-electron chi connectivity index (χ2n) is 8.58. The molecule has 8 nitrogen and oxygen atoms in total. The van der Waals surface area contributed by atoms with Crippen molar-refractivity contribution < 1.29 is 19.2 Å². The highest BCUT2D eigenvalue weighted by molar-refractivity contribution is 6.32. The molecule has 0 saturated carbocycles. The monoisotopic (exact) mass is 456 g/mol. The van der Waals surface area contributed by atoms with Crippen molar-refractivity contribution in [2.24, 2.45) is 13.0 Å². The molecule has 0 radical (unpaired) electrons. The van der Waals surface area contributed by atoms with E-state index in [4.69, 9.17) is 11.6 Å². The Morgan fingerprint density at radius 2 is 1.97 bits per heavy atom. The van der Waals surface area contributed by atoms with E-state index in [1.165, 1.54) is 7.05 Å². The summed E-state index contributed by atoms with van der Waals surface area (Å²) in [5.74, 6) is -1.11. The Bertz CT molecular complexity index is 1100. The molecule has 32 heavy (non-hydrogen) atoms. The molecule has 3 heterocycles. The SMILES string of the molecule is CN1C(=O)CC(CC(=O)N2CCCC(C(=O)c3nccn3C)C2)(c2ccccc2Cl)C1=O. The lowest BCUT2D eigenvalue weighted by atomic mass is 9.75. The number of Topliss-reactive ketones (excluding diaryl/α,β-unsaturated/α-hetero) is 1. The van der Waals surface area contributed by atoms with Crippen LogP contribution < -0.4 is 0 Å². The van der Waals surface area contributed by atoms with Gasteiger partial charge in [0.2, 0.25) is 23.5 Å². The summed E-state index contributed by atoms with van der Waals surface area (Å²) < 4.78 is 1.67. The molecule has 0 bridgehead atoms. The maximum atomic E-state index is 13.4. The van der Waals surface area contributed by atoms with Crippen molar-refractivity contribution in [1.29, 1.82) is 0 Å². The van der Waals surface area contributed by atoms with Crippen LogP contribution in [0, 0.1) is 5.92 Å². The van der Waals surface area contributed by atoms with Crippen LogP contribution in [0.25, 0.3) is 0 Å². The average Bonchev–Trinajstić information content (AvgIpc) is 3.31. The highest BCUT2D eigenvalue weighted by atomic mass is 35.5. The maximum Gasteiger partial charge on any atom is 0.240 e. The molecule has 3 amide bonds. The fourth-order valence-electron chi connectivity index (χ4n) is 4.75. The van der Waals surface area contributed by atoms with Gasteiger partial charge in [-0.3, -0.25) is 24.1 Å². The van der Waals surface area contributed by atoms with Crippen LogP contribution >= 0.6 is 11.6 Å². The van der Waals surface area contributed by atoms with Gasteiger partial charge in [0.25, 0.3) is 0 Å². The molecule has 2 saturated heterocycles. The van der Waals surface area contributed by atoms with Gasteiger partial charge in [0, 0.05) is 63.4 Å². The van der Waals surface area contributed by atoms with Gasteiger partial charge in [0.15, 0.2) is 5.82 Å². The van der Waals surface area contributed by atoms with Crippen LogP contribution in [0.2, 0.25) is 5.02 Å². The van der Waals surface area contributed by atoms with Crippen LogP contribution in [-0.2, 0) is 26.8 Å². The number of carbonyl (C=O) groups excluding carboxylic acids is 4. The number of imide groups is 1. The molecule has 2 atom stereocenters. The van der Waals surface area contributed by atoms with Crippen molar-refractivity contribution in [3.05, 3.63) is 53.1 Å². The highest BCUT2D eigenvalue weighted by Crippen LogP contribution is 2.43. The quantitative estimate of drug-likeness (QED) is 0.508. The molecule has 2 aliphatic rings. The van der Waals surface area contributed by atoms with Crippen molar-refractivity contribution >= 4 is 35.1 Å². The number of rotatable bonds is 5. The van der Waals surface area contributed by atoms with Crippen molar-refractivity contribution in [3.8, 4) is 0 Å². The minimum Gasteiger partial charge on any atom is -0.342 e. The predicted molar refractivity (Wildman–Crippen MR) is 117 cm³/mol. The Balaban J connectivity index is 1.58. The summed E-state index contributed by atoms with van der Waals surface area (Å²) in [6.07, 6.45) is 4.36. The molecule has 1 aromatic heterocycles. The van der Waals surface area contributed by atoms with E-state index in [9.17, 15) is 19.2 Å². The van der Waals surface area contributed by atoms with Crippen LogP contribution in [0.4, 0.5) is 0 Å². The molecule has 9 heteroatoms. The fraction of sp³-hybridized carbons (Fsp3) is 0.435. The van der Waals surface area contributed by atoms with Gasteiger partial charge in [-0.1, -0.05) is 29.8 Å². The first-order valence-electron chi connectivity index (χ1n) is 10.6. The second-order valence-corrected chi connectivity index (χ2v) is 8.99. The number of likely N-dealkylation sites (tertiary alicyclic amines) is 2. The van der Waals surface area contributed by atoms with E-state index in [-0.39, 0.29) is 42.9 Å². The predicted octanol–water partition coefficient (Wildman–Crippen LogP) is 2.21. The largest absolute Gasteiger partial charge is 0.342 e. The molecule has 0 aliphatic carbocycles. The lowest BCUT2D eigenvalue weighted by Gasteiger charge is -2.35. The van der Waals surface area contributed by atoms with Gasteiger partial charge in [-0.15, -0.1) is 0 Å². The third-order valence-electron chi connectivity index (χ3n) is 6.57. The first-order chi connectivity index (χ1) is 15.2.